The lowest BCUT2D eigenvalue weighted by atomic mass is 9.85. The van der Waals surface area contributed by atoms with Gasteiger partial charge >= 0.3 is 0 Å². The molecule has 5 heteroatoms. The highest BCUT2D eigenvalue weighted by Crippen LogP contribution is 2.39. The van der Waals surface area contributed by atoms with Gasteiger partial charge in [-0.05, 0) is 30.7 Å². The molecule has 1 aromatic rings. The molecular weight excluding hydrogens is 266 g/mol. The summed E-state index contributed by atoms with van der Waals surface area (Å²) >= 11 is 0. The van der Waals surface area contributed by atoms with E-state index in [1.807, 2.05) is 12.1 Å². The van der Waals surface area contributed by atoms with Crippen molar-refractivity contribution in [3.8, 4) is 5.75 Å². The second kappa shape index (κ2) is 5.13. The molecule has 3 rings (SSSR count). The van der Waals surface area contributed by atoms with Crippen molar-refractivity contribution in [1.82, 2.24) is 0 Å². The van der Waals surface area contributed by atoms with Gasteiger partial charge in [0.1, 0.15) is 5.75 Å². The van der Waals surface area contributed by atoms with E-state index in [-0.39, 0.29) is 12.5 Å². The molecule has 2 aliphatic rings. The van der Waals surface area contributed by atoms with Gasteiger partial charge in [0, 0.05) is 19.2 Å². The van der Waals surface area contributed by atoms with Crippen molar-refractivity contribution >= 4 is 23.0 Å². The van der Waals surface area contributed by atoms with Crippen LogP contribution in [0.15, 0.2) is 12.1 Å². The van der Waals surface area contributed by atoms with E-state index in [0.29, 0.717) is 16.9 Å². The molecule has 2 aliphatic heterocycles. The second-order valence-corrected chi connectivity index (χ2v) is 6.75. The summed E-state index contributed by atoms with van der Waals surface area (Å²) in [5.41, 5.74) is 9.01. The molecule has 0 aliphatic carbocycles. The number of anilines is 3. The number of nitrogens with one attached hydrogen (secondary N) is 1. The molecule has 0 radical (unpaired) electrons. The fourth-order valence-electron chi connectivity index (χ4n) is 3.07. The number of hydrogen-bond acceptors (Lipinski definition) is 4. The third-order valence-electron chi connectivity index (χ3n) is 4.44. The molecule has 1 fully saturated rings. The van der Waals surface area contributed by atoms with Crippen LogP contribution in [0.3, 0.4) is 0 Å². The largest absolute Gasteiger partial charge is 0.482 e. The first kappa shape index (κ1) is 14.0. The first-order chi connectivity index (χ1) is 9.94. The maximum Gasteiger partial charge on any atom is 0.262 e. The van der Waals surface area contributed by atoms with E-state index in [4.69, 9.17) is 10.5 Å². The fourth-order valence-corrected chi connectivity index (χ4v) is 3.07. The Labute approximate surface area is 125 Å². The van der Waals surface area contributed by atoms with E-state index in [2.05, 4.69) is 24.1 Å². The van der Waals surface area contributed by atoms with E-state index in [1.54, 1.807) is 0 Å². The molecule has 0 bridgehead atoms. The van der Waals surface area contributed by atoms with Crippen molar-refractivity contribution in [2.75, 3.05) is 35.6 Å². The highest BCUT2D eigenvalue weighted by atomic mass is 16.5. The number of rotatable bonds is 1. The standard InChI is InChI=1S/C16H23N3O2/c1-16(2)4-3-6-19(7-5-16)13-9-12-14(8-11(13)17)21-10-15(20)18-12/h8-9H,3-7,10,17H2,1-2H3,(H,18,20). The van der Waals surface area contributed by atoms with Gasteiger partial charge in [0.15, 0.2) is 6.61 Å². The summed E-state index contributed by atoms with van der Waals surface area (Å²) in [5, 5.41) is 2.85. The number of benzene rings is 1. The number of amides is 1. The number of carbonyl (C=O) groups excluding carboxylic acids is 1. The molecule has 2 heterocycles. The molecule has 114 valence electrons. The highest BCUT2D eigenvalue weighted by Gasteiger charge is 2.25. The van der Waals surface area contributed by atoms with Gasteiger partial charge in [-0.25, -0.2) is 0 Å². The molecule has 5 nitrogen and oxygen atoms in total. The maximum absolute atomic E-state index is 11.5. The quantitative estimate of drug-likeness (QED) is 0.780. The van der Waals surface area contributed by atoms with Crippen LogP contribution >= 0.6 is 0 Å². The van der Waals surface area contributed by atoms with Crippen molar-refractivity contribution < 1.29 is 9.53 Å². The van der Waals surface area contributed by atoms with Crippen LogP contribution in [0.2, 0.25) is 0 Å². The number of nitrogens with two attached hydrogens (primary N) is 1. The Bertz CT molecular complexity index is 569. The number of ether oxygens (including phenoxy) is 1. The Morgan fingerprint density at radius 3 is 2.90 bits per heavy atom. The van der Waals surface area contributed by atoms with Crippen LogP contribution in [0.5, 0.6) is 5.75 Å². The van der Waals surface area contributed by atoms with E-state index in [1.165, 1.54) is 6.42 Å². The molecule has 1 saturated heterocycles. The minimum Gasteiger partial charge on any atom is -0.482 e. The van der Waals surface area contributed by atoms with Gasteiger partial charge in [0.05, 0.1) is 17.1 Å². The number of hydrogen-bond donors (Lipinski definition) is 2. The smallest absolute Gasteiger partial charge is 0.262 e. The summed E-state index contributed by atoms with van der Waals surface area (Å²) in [6.45, 7) is 6.69. The number of carbonyl (C=O) groups is 1. The molecule has 3 N–H and O–H groups in total. The monoisotopic (exact) mass is 289 g/mol. The second-order valence-electron chi connectivity index (χ2n) is 6.75. The van der Waals surface area contributed by atoms with E-state index in [0.717, 1.165) is 37.3 Å². The van der Waals surface area contributed by atoms with Crippen LogP contribution in [0.25, 0.3) is 0 Å². The zero-order valence-electron chi connectivity index (χ0n) is 12.7. The Morgan fingerprint density at radius 2 is 2.10 bits per heavy atom. The van der Waals surface area contributed by atoms with E-state index >= 15 is 0 Å². The summed E-state index contributed by atoms with van der Waals surface area (Å²) in [7, 11) is 0. The summed E-state index contributed by atoms with van der Waals surface area (Å²) in [5.74, 6) is 0.543. The van der Waals surface area contributed by atoms with Crippen molar-refractivity contribution in [3.63, 3.8) is 0 Å². The van der Waals surface area contributed by atoms with Gasteiger partial charge in [-0.15, -0.1) is 0 Å². The lowest BCUT2D eigenvalue weighted by Gasteiger charge is -2.28. The number of nitrogen functional groups attached to an aromatic ring is 1. The van der Waals surface area contributed by atoms with Gasteiger partial charge in [-0.3, -0.25) is 4.79 Å². The van der Waals surface area contributed by atoms with Gasteiger partial charge in [0.2, 0.25) is 0 Å². The van der Waals surface area contributed by atoms with Gasteiger partial charge < -0.3 is 20.7 Å². The van der Waals surface area contributed by atoms with E-state index in [9.17, 15) is 4.79 Å². The van der Waals surface area contributed by atoms with Crippen LogP contribution < -0.4 is 20.7 Å². The predicted octanol–water partition coefficient (Wildman–Crippen LogP) is 2.62. The molecule has 0 unspecified atom stereocenters. The minimum absolute atomic E-state index is 0.0592. The maximum atomic E-state index is 11.5. The average molecular weight is 289 g/mol. The van der Waals surface area contributed by atoms with Crippen LogP contribution in [-0.4, -0.2) is 25.6 Å². The summed E-state index contributed by atoms with van der Waals surface area (Å²) < 4.78 is 5.41. The molecule has 1 amide bonds. The lowest BCUT2D eigenvalue weighted by Crippen LogP contribution is -2.28. The third-order valence-corrected chi connectivity index (χ3v) is 4.44. The van der Waals surface area contributed by atoms with Crippen LogP contribution in [0.4, 0.5) is 17.1 Å². The van der Waals surface area contributed by atoms with Crippen molar-refractivity contribution in [1.29, 1.82) is 0 Å². The Morgan fingerprint density at radius 1 is 1.29 bits per heavy atom. The Kier molecular flexibility index (Phi) is 3.43. The summed E-state index contributed by atoms with van der Waals surface area (Å²) in [4.78, 5) is 13.8. The van der Waals surface area contributed by atoms with Gasteiger partial charge in [-0.2, -0.15) is 0 Å². The predicted molar refractivity (Wildman–Crippen MR) is 84.8 cm³/mol. The molecule has 1 aromatic carbocycles. The summed E-state index contributed by atoms with van der Waals surface area (Å²) in [6.07, 6.45) is 3.53. The Hall–Kier alpha value is -1.91. The third kappa shape index (κ3) is 2.91. The van der Waals surface area contributed by atoms with Crippen LogP contribution in [0.1, 0.15) is 33.1 Å². The molecule has 0 spiro atoms. The molecular formula is C16H23N3O2. The molecule has 0 aromatic heterocycles. The number of fused-ring (bicyclic) bond motifs is 1. The zero-order chi connectivity index (χ0) is 15.0. The SMILES string of the molecule is CC1(C)CCCN(c2cc3c(cc2N)OCC(=O)N3)CC1. The Balaban J connectivity index is 1.88. The lowest BCUT2D eigenvalue weighted by molar-refractivity contribution is -0.118. The minimum atomic E-state index is -0.116. The topological polar surface area (TPSA) is 67.6 Å². The van der Waals surface area contributed by atoms with Crippen molar-refractivity contribution in [2.24, 2.45) is 5.41 Å². The molecule has 21 heavy (non-hydrogen) atoms. The van der Waals surface area contributed by atoms with E-state index < -0.39 is 0 Å². The average Bonchev–Trinajstić information content (AvgIpc) is 2.59. The van der Waals surface area contributed by atoms with Gasteiger partial charge in [0.25, 0.3) is 5.91 Å². The summed E-state index contributed by atoms with van der Waals surface area (Å²) in [6, 6.07) is 3.76. The van der Waals surface area contributed by atoms with Crippen LogP contribution in [0, 0.1) is 5.41 Å². The zero-order valence-corrected chi connectivity index (χ0v) is 12.7. The van der Waals surface area contributed by atoms with Crippen molar-refractivity contribution in [2.45, 2.75) is 33.1 Å². The van der Waals surface area contributed by atoms with Crippen LogP contribution in [-0.2, 0) is 4.79 Å². The molecule has 0 atom stereocenters. The normalized spacial score (nSPS) is 21.0. The number of nitrogens with zero attached hydrogens (tertiary/aromatic N) is 1. The first-order valence-electron chi connectivity index (χ1n) is 7.56. The fraction of sp³-hybridized carbons (Fsp3) is 0.562. The highest BCUT2D eigenvalue weighted by molar-refractivity contribution is 5.97. The first-order valence-corrected chi connectivity index (χ1v) is 7.56. The molecule has 0 saturated carbocycles. The van der Waals surface area contributed by atoms with Gasteiger partial charge in [-0.1, -0.05) is 13.8 Å². The van der Waals surface area contributed by atoms with Crippen molar-refractivity contribution in [3.05, 3.63) is 12.1 Å².